The normalized spacial score (nSPS) is 12.1. The quantitative estimate of drug-likeness (QED) is 0.709. The highest BCUT2D eigenvalue weighted by atomic mass is 32.2. The van der Waals surface area contributed by atoms with Crippen molar-refractivity contribution in [2.24, 2.45) is 0 Å². The lowest BCUT2D eigenvalue weighted by atomic mass is 10.2. The highest BCUT2D eigenvalue weighted by molar-refractivity contribution is 7.89. The molecule has 0 amide bonds. The molecule has 0 aliphatic heterocycles. The Kier molecular flexibility index (Phi) is 1.85. The number of aromatic nitrogens is 2. The first-order valence-corrected chi connectivity index (χ1v) is 5.97. The lowest BCUT2D eigenvalue weighted by Gasteiger charge is -1.99. The Morgan fingerprint density at radius 2 is 2.07 bits per heavy atom. The van der Waals surface area contributed by atoms with E-state index in [2.05, 4.69) is 4.98 Å². The number of aryl methyl sites for hydroxylation is 1. The largest absolute Gasteiger partial charge is 0.237 e. The van der Waals surface area contributed by atoms with Crippen LogP contribution in [0.1, 0.15) is 5.56 Å². The summed E-state index contributed by atoms with van der Waals surface area (Å²) in [5, 5.41) is 0. The van der Waals surface area contributed by atoms with E-state index in [9.17, 15) is 8.42 Å². The molecule has 74 valence electrons. The average Bonchev–Trinajstić information content (AvgIpc) is 2.45. The summed E-state index contributed by atoms with van der Waals surface area (Å²) >= 11 is 0. The van der Waals surface area contributed by atoms with Gasteiger partial charge >= 0.3 is 0 Å². The van der Waals surface area contributed by atoms with E-state index >= 15 is 0 Å². The van der Waals surface area contributed by atoms with Gasteiger partial charge in [-0.15, -0.1) is 0 Å². The molecule has 0 aliphatic carbocycles. The Morgan fingerprint density at radius 3 is 2.71 bits per heavy atom. The molecular weight excluding hydrogens is 200 g/mol. The molecule has 2 rings (SSSR count). The first-order chi connectivity index (χ1) is 6.48. The number of fused-ring (bicyclic) bond motifs is 1. The second-order valence-electron chi connectivity index (χ2n) is 3.30. The Morgan fingerprint density at radius 1 is 1.36 bits per heavy atom. The van der Waals surface area contributed by atoms with Gasteiger partial charge in [0.2, 0.25) is 10.0 Å². The molecule has 4 nitrogen and oxygen atoms in total. The molecule has 2 aromatic rings. The fourth-order valence-corrected chi connectivity index (χ4v) is 2.09. The van der Waals surface area contributed by atoms with Crippen LogP contribution in [0.3, 0.4) is 0 Å². The number of rotatable bonds is 1. The van der Waals surface area contributed by atoms with E-state index in [4.69, 9.17) is 0 Å². The van der Waals surface area contributed by atoms with Crippen LogP contribution in [-0.4, -0.2) is 23.6 Å². The van der Waals surface area contributed by atoms with Crippen LogP contribution in [0, 0.1) is 6.92 Å². The maximum Gasteiger partial charge on any atom is 0.237 e. The monoisotopic (exact) mass is 210 g/mol. The summed E-state index contributed by atoms with van der Waals surface area (Å²) in [7, 11) is -3.24. The zero-order valence-corrected chi connectivity index (χ0v) is 8.75. The van der Waals surface area contributed by atoms with Crippen molar-refractivity contribution in [1.29, 1.82) is 0 Å². The van der Waals surface area contributed by atoms with Crippen LogP contribution in [0.4, 0.5) is 0 Å². The second kappa shape index (κ2) is 2.81. The van der Waals surface area contributed by atoms with E-state index in [0.717, 1.165) is 11.8 Å². The number of benzene rings is 1. The van der Waals surface area contributed by atoms with Gasteiger partial charge in [0.1, 0.15) is 6.33 Å². The third-order valence-electron chi connectivity index (χ3n) is 2.03. The van der Waals surface area contributed by atoms with Crippen molar-refractivity contribution >= 4 is 21.1 Å². The standard InChI is InChI=1S/C9H10N2O2S/c1-7-3-4-9-8(5-7)10-6-11(9)14(2,12)13/h3-6H,1-2H3. The Balaban J connectivity index is 2.83. The Hall–Kier alpha value is -1.36. The molecule has 1 aromatic carbocycles. The molecule has 0 unspecified atom stereocenters. The van der Waals surface area contributed by atoms with Gasteiger partial charge in [0.05, 0.1) is 17.3 Å². The highest BCUT2D eigenvalue weighted by Crippen LogP contribution is 2.15. The van der Waals surface area contributed by atoms with Gasteiger partial charge in [0, 0.05) is 0 Å². The van der Waals surface area contributed by atoms with Crippen LogP contribution < -0.4 is 0 Å². The zero-order valence-electron chi connectivity index (χ0n) is 7.93. The van der Waals surface area contributed by atoms with Gasteiger partial charge in [-0.25, -0.2) is 17.4 Å². The van der Waals surface area contributed by atoms with Gasteiger partial charge in [-0.05, 0) is 24.6 Å². The molecule has 0 aliphatic rings. The van der Waals surface area contributed by atoms with Crippen molar-refractivity contribution in [2.75, 3.05) is 6.26 Å². The van der Waals surface area contributed by atoms with E-state index in [0.29, 0.717) is 11.0 Å². The predicted molar refractivity (Wildman–Crippen MR) is 54.7 cm³/mol. The summed E-state index contributed by atoms with van der Waals surface area (Å²) in [6, 6.07) is 5.49. The molecule has 0 atom stereocenters. The summed E-state index contributed by atoms with van der Waals surface area (Å²) in [6.45, 7) is 1.94. The summed E-state index contributed by atoms with van der Waals surface area (Å²) in [6.07, 6.45) is 2.49. The summed E-state index contributed by atoms with van der Waals surface area (Å²) in [4.78, 5) is 4.03. The van der Waals surface area contributed by atoms with E-state index in [1.165, 1.54) is 10.3 Å². The maximum atomic E-state index is 11.3. The molecule has 0 saturated carbocycles. The van der Waals surface area contributed by atoms with Crippen molar-refractivity contribution in [2.45, 2.75) is 6.92 Å². The van der Waals surface area contributed by atoms with Gasteiger partial charge in [0.15, 0.2) is 0 Å². The second-order valence-corrected chi connectivity index (χ2v) is 5.15. The molecule has 0 fully saturated rings. The number of hydrogen-bond donors (Lipinski definition) is 0. The third kappa shape index (κ3) is 1.39. The van der Waals surface area contributed by atoms with Crippen LogP contribution >= 0.6 is 0 Å². The predicted octanol–water partition coefficient (Wildman–Crippen LogP) is 1.15. The molecule has 0 saturated heterocycles. The molecule has 14 heavy (non-hydrogen) atoms. The van der Waals surface area contributed by atoms with Crippen molar-refractivity contribution in [3.8, 4) is 0 Å². The number of hydrogen-bond acceptors (Lipinski definition) is 3. The third-order valence-corrected chi connectivity index (χ3v) is 3.03. The summed E-state index contributed by atoms with van der Waals surface area (Å²) in [5.74, 6) is 0. The molecule has 1 heterocycles. The SMILES string of the molecule is Cc1ccc2c(c1)ncn2S(C)(=O)=O. The van der Waals surface area contributed by atoms with E-state index < -0.39 is 10.0 Å². The molecule has 0 N–H and O–H groups in total. The van der Waals surface area contributed by atoms with Gasteiger partial charge in [-0.3, -0.25) is 0 Å². The lowest BCUT2D eigenvalue weighted by molar-refractivity contribution is 0.595. The van der Waals surface area contributed by atoms with E-state index in [-0.39, 0.29) is 0 Å². The molecule has 0 spiro atoms. The molecule has 0 bridgehead atoms. The van der Waals surface area contributed by atoms with Crippen LogP contribution in [-0.2, 0) is 10.0 Å². The highest BCUT2D eigenvalue weighted by Gasteiger charge is 2.09. The van der Waals surface area contributed by atoms with E-state index in [1.54, 1.807) is 6.07 Å². The Bertz CT molecular complexity index is 584. The molecular formula is C9H10N2O2S. The zero-order chi connectivity index (χ0) is 10.3. The number of nitrogens with zero attached hydrogens (tertiary/aromatic N) is 2. The smallest absolute Gasteiger partial charge is 0.236 e. The molecule has 1 aromatic heterocycles. The van der Waals surface area contributed by atoms with Gasteiger partial charge in [-0.1, -0.05) is 6.07 Å². The van der Waals surface area contributed by atoms with Crippen LogP contribution in [0.5, 0.6) is 0 Å². The average molecular weight is 210 g/mol. The maximum absolute atomic E-state index is 11.3. The van der Waals surface area contributed by atoms with Crippen molar-refractivity contribution in [3.05, 3.63) is 30.1 Å². The topological polar surface area (TPSA) is 52.0 Å². The van der Waals surface area contributed by atoms with Gasteiger partial charge in [0.25, 0.3) is 0 Å². The van der Waals surface area contributed by atoms with Crippen LogP contribution in [0.15, 0.2) is 24.5 Å². The van der Waals surface area contributed by atoms with Crippen molar-refractivity contribution in [1.82, 2.24) is 8.96 Å². The molecule has 5 heteroatoms. The fourth-order valence-electron chi connectivity index (χ4n) is 1.36. The van der Waals surface area contributed by atoms with Gasteiger partial charge in [-0.2, -0.15) is 0 Å². The Labute approximate surface area is 82.2 Å². The van der Waals surface area contributed by atoms with Crippen molar-refractivity contribution < 1.29 is 8.42 Å². The fraction of sp³-hybridized carbons (Fsp3) is 0.222. The van der Waals surface area contributed by atoms with Crippen LogP contribution in [0.25, 0.3) is 11.0 Å². The van der Waals surface area contributed by atoms with E-state index in [1.807, 2.05) is 19.1 Å². The van der Waals surface area contributed by atoms with Crippen LogP contribution in [0.2, 0.25) is 0 Å². The minimum absolute atomic E-state index is 0.623. The summed E-state index contributed by atoms with van der Waals surface area (Å²) < 4.78 is 23.8. The minimum Gasteiger partial charge on any atom is -0.236 e. The molecule has 0 radical (unpaired) electrons. The lowest BCUT2D eigenvalue weighted by Crippen LogP contribution is -2.07. The first-order valence-electron chi connectivity index (χ1n) is 4.13. The van der Waals surface area contributed by atoms with Gasteiger partial charge < -0.3 is 0 Å². The van der Waals surface area contributed by atoms with Crippen molar-refractivity contribution in [3.63, 3.8) is 0 Å². The minimum atomic E-state index is -3.24. The number of imidazole rings is 1. The summed E-state index contributed by atoms with van der Waals surface area (Å²) in [5.41, 5.74) is 2.39. The first kappa shape index (κ1) is 9.21.